The summed E-state index contributed by atoms with van der Waals surface area (Å²) in [6, 6.07) is 6.72. The predicted molar refractivity (Wildman–Crippen MR) is 98.3 cm³/mol. The number of furan rings is 1. The lowest BCUT2D eigenvalue weighted by atomic mass is 10.2. The van der Waals surface area contributed by atoms with Gasteiger partial charge in [-0.25, -0.2) is 8.42 Å². The molecule has 25 heavy (non-hydrogen) atoms. The average molecular weight is 427 g/mol. The number of carbonyl (C=O) groups excluding carboxylic acids is 1. The summed E-state index contributed by atoms with van der Waals surface area (Å²) in [5.74, 6) is -0.271. The van der Waals surface area contributed by atoms with E-state index in [4.69, 9.17) is 4.42 Å². The maximum Gasteiger partial charge on any atom is 0.291 e. The molecule has 1 aromatic heterocycles. The molecule has 1 aliphatic heterocycles. The highest BCUT2D eigenvalue weighted by Crippen LogP contribution is 2.27. The van der Waals surface area contributed by atoms with E-state index in [0.29, 0.717) is 18.8 Å². The molecule has 1 amide bonds. The summed E-state index contributed by atoms with van der Waals surface area (Å²) in [5, 5.41) is 2.73. The molecule has 1 aromatic carbocycles. The van der Waals surface area contributed by atoms with Crippen molar-refractivity contribution in [3.8, 4) is 0 Å². The van der Waals surface area contributed by atoms with Gasteiger partial charge in [0, 0.05) is 29.3 Å². The number of hydrogen-bond acceptors (Lipinski definition) is 4. The highest BCUT2D eigenvalue weighted by Gasteiger charge is 2.31. The van der Waals surface area contributed by atoms with Crippen molar-refractivity contribution in [2.24, 2.45) is 0 Å². The van der Waals surface area contributed by atoms with Gasteiger partial charge in [-0.05, 0) is 50.5 Å². The van der Waals surface area contributed by atoms with Gasteiger partial charge in [0.2, 0.25) is 10.0 Å². The first kappa shape index (κ1) is 18.2. The molecule has 0 bridgehead atoms. The fourth-order valence-corrected chi connectivity index (χ4v) is 4.74. The fraction of sp³-hybridized carbons (Fsp3) is 0.353. The Morgan fingerprint density at radius 3 is 2.52 bits per heavy atom. The second kappa shape index (κ2) is 6.93. The number of amides is 1. The molecular weight excluding hydrogens is 408 g/mol. The summed E-state index contributed by atoms with van der Waals surface area (Å²) < 4.78 is 33.1. The van der Waals surface area contributed by atoms with Crippen molar-refractivity contribution in [2.75, 3.05) is 18.4 Å². The molecule has 0 radical (unpaired) electrons. The van der Waals surface area contributed by atoms with Gasteiger partial charge in [0.1, 0.15) is 10.7 Å². The Bertz CT molecular complexity index is 915. The smallest absolute Gasteiger partial charge is 0.291 e. The Hall–Kier alpha value is -1.64. The minimum absolute atomic E-state index is 0.0177. The van der Waals surface area contributed by atoms with Gasteiger partial charge in [0.05, 0.1) is 0 Å². The van der Waals surface area contributed by atoms with Crippen molar-refractivity contribution < 1.29 is 17.6 Å². The topological polar surface area (TPSA) is 79.6 Å². The van der Waals surface area contributed by atoms with Gasteiger partial charge in [0.15, 0.2) is 5.76 Å². The Labute approximate surface area is 155 Å². The predicted octanol–water partition coefficient (Wildman–Crippen LogP) is 3.70. The number of nitrogens with zero attached hydrogens (tertiary/aromatic N) is 1. The number of benzene rings is 1. The van der Waals surface area contributed by atoms with Gasteiger partial charge in [-0.3, -0.25) is 4.79 Å². The van der Waals surface area contributed by atoms with E-state index >= 15 is 0 Å². The second-order valence-corrected chi connectivity index (χ2v) is 8.82. The molecule has 6 nitrogen and oxygen atoms in total. The Kier molecular flexibility index (Phi) is 5.04. The molecule has 134 valence electrons. The third-order valence-electron chi connectivity index (χ3n) is 4.19. The molecule has 0 atom stereocenters. The lowest BCUT2D eigenvalue weighted by Gasteiger charge is -2.14. The standard InChI is InChI=1S/C17H19BrN2O4S/c1-11-9-13(5-6-14(11)18)19-17(21)15-10-16(12(2)24-15)25(22,23)20-7-3-4-8-20/h5-6,9-10H,3-4,7-8H2,1-2H3,(H,19,21). The number of carbonyl (C=O) groups is 1. The van der Waals surface area contributed by atoms with Gasteiger partial charge in [-0.15, -0.1) is 0 Å². The fourth-order valence-electron chi connectivity index (χ4n) is 2.82. The van der Waals surface area contributed by atoms with Gasteiger partial charge < -0.3 is 9.73 Å². The summed E-state index contributed by atoms with van der Waals surface area (Å²) in [6.07, 6.45) is 1.71. The van der Waals surface area contributed by atoms with Crippen molar-refractivity contribution in [1.29, 1.82) is 0 Å². The van der Waals surface area contributed by atoms with Crippen molar-refractivity contribution in [2.45, 2.75) is 31.6 Å². The number of halogens is 1. The molecule has 0 unspecified atom stereocenters. The normalized spacial score (nSPS) is 15.5. The molecule has 0 saturated carbocycles. The number of hydrogen-bond donors (Lipinski definition) is 1. The van der Waals surface area contributed by atoms with Crippen LogP contribution >= 0.6 is 15.9 Å². The van der Waals surface area contributed by atoms with E-state index < -0.39 is 15.9 Å². The molecule has 2 aromatic rings. The van der Waals surface area contributed by atoms with E-state index in [-0.39, 0.29) is 16.4 Å². The Morgan fingerprint density at radius 2 is 1.88 bits per heavy atom. The van der Waals surface area contributed by atoms with E-state index in [2.05, 4.69) is 21.2 Å². The first-order valence-electron chi connectivity index (χ1n) is 7.97. The van der Waals surface area contributed by atoms with Crippen LogP contribution in [-0.2, 0) is 10.0 Å². The second-order valence-electron chi connectivity index (χ2n) is 6.06. The first-order chi connectivity index (χ1) is 11.8. The van der Waals surface area contributed by atoms with Crippen LogP contribution in [0.25, 0.3) is 0 Å². The van der Waals surface area contributed by atoms with Crippen LogP contribution in [0.3, 0.4) is 0 Å². The highest BCUT2D eigenvalue weighted by atomic mass is 79.9. The van der Waals surface area contributed by atoms with Crippen molar-refractivity contribution >= 4 is 37.5 Å². The third-order valence-corrected chi connectivity index (χ3v) is 7.09. The summed E-state index contributed by atoms with van der Waals surface area (Å²) in [4.78, 5) is 12.5. The van der Waals surface area contributed by atoms with E-state index in [1.165, 1.54) is 10.4 Å². The van der Waals surface area contributed by atoms with Crippen molar-refractivity contribution in [3.63, 3.8) is 0 Å². The van der Waals surface area contributed by atoms with Crippen LogP contribution in [0.5, 0.6) is 0 Å². The zero-order valence-electron chi connectivity index (χ0n) is 14.0. The van der Waals surface area contributed by atoms with Crippen LogP contribution in [-0.4, -0.2) is 31.7 Å². The van der Waals surface area contributed by atoms with Crippen LogP contribution < -0.4 is 5.32 Å². The van der Waals surface area contributed by atoms with Crippen LogP contribution in [0.4, 0.5) is 5.69 Å². The quantitative estimate of drug-likeness (QED) is 0.807. The number of rotatable bonds is 4. The molecule has 2 heterocycles. The van der Waals surface area contributed by atoms with Crippen molar-refractivity contribution in [1.82, 2.24) is 4.31 Å². The Balaban J connectivity index is 1.84. The Morgan fingerprint density at radius 1 is 1.20 bits per heavy atom. The van der Waals surface area contributed by atoms with Crippen LogP contribution in [0.1, 0.15) is 34.7 Å². The van der Waals surface area contributed by atoms with Gasteiger partial charge in [-0.2, -0.15) is 4.31 Å². The average Bonchev–Trinajstić information content (AvgIpc) is 3.21. The zero-order chi connectivity index (χ0) is 18.2. The van der Waals surface area contributed by atoms with Crippen molar-refractivity contribution in [3.05, 3.63) is 45.8 Å². The maximum absolute atomic E-state index is 12.7. The monoisotopic (exact) mass is 426 g/mol. The van der Waals surface area contributed by atoms with Crippen LogP contribution in [0.15, 0.2) is 38.1 Å². The molecule has 0 spiro atoms. The number of nitrogens with one attached hydrogen (secondary N) is 1. The number of anilines is 1. The van der Waals surface area contributed by atoms with Gasteiger partial charge >= 0.3 is 0 Å². The van der Waals surface area contributed by atoms with Crippen LogP contribution in [0.2, 0.25) is 0 Å². The van der Waals surface area contributed by atoms with Gasteiger partial charge in [-0.1, -0.05) is 15.9 Å². The first-order valence-corrected chi connectivity index (χ1v) is 10.2. The van der Waals surface area contributed by atoms with E-state index in [9.17, 15) is 13.2 Å². The number of aryl methyl sites for hydroxylation is 2. The molecule has 8 heteroatoms. The summed E-state index contributed by atoms with van der Waals surface area (Å²) in [7, 11) is -3.61. The molecule has 1 aliphatic rings. The summed E-state index contributed by atoms with van der Waals surface area (Å²) in [5.41, 5.74) is 1.59. The molecule has 1 fully saturated rings. The summed E-state index contributed by atoms with van der Waals surface area (Å²) >= 11 is 3.40. The van der Waals surface area contributed by atoms with E-state index in [1.807, 2.05) is 19.1 Å². The lowest BCUT2D eigenvalue weighted by Crippen LogP contribution is -2.28. The summed E-state index contributed by atoms with van der Waals surface area (Å²) in [6.45, 7) is 4.49. The highest BCUT2D eigenvalue weighted by molar-refractivity contribution is 9.10. The molecule has 1 N–H and O–H groups in total. The number of sulfonamides is 1. The van der Waals surface area contributed by atoms with E-state index in [1.54, 1.807) is 13.0 Å². The van der Waals surface area contributed by atoms with Crippen LogP contribution in [0, 0.1) is 13.8 Å². The van der Waals surface area contributed by atoms with E-state index in [0.717, 1.165) is 22.9 Å². The largest absolute Gasteiger partial charge is 0.455 e. The lowest BCUT2D eigenvalue weighted by molar-refractivity contribution is 0.0995. The SMILES string of the molecule is Cc1cc(NC(=O)c2cc(S(=O)(=O)N3CCCC3)c(C)o2)ccc1Br. The minimum Gasteiger partial charge on any atom is -0.455 e. The third kappa shape index (κ3) is 3.65. The molecule has 0 aliphatic carbocycles. The minimum atomic E-state index is -3.61. The molecule has 3 rings (SSSR count). The van der Waals surface area contributed by atoms with Gasteiger partial charge in [0.25, 0.3) is 5.91 Å². The maximum atomic E-state index is 12.7. The molecular formula is C17H19BrN2O4S. The molecule has 1 saturated heterocycles. The zero-order valence-corrected chi connectivity index (χ0v) is 16.4.